The van der Waals surface area contributed by atoms with Crippen LogP contribution in [0.4, 0.5) is 0 Å². The van der Waals surface area contributed by atoms with Gasteiger partial charge in [0.25, 0.3) is 0 Å². The summed E-state index contributed by atoms with van der Waals surface area (Å²) in [4.78, 5) is 29.2. The number of ketones is 1. The van der Waals surface area contributed by atoms with Crippen LogP contribution in [0.1, 0.15) is 24.4 Å². The van der Waals surface area contributed by atoms with Gasteiger partial charge < -0.3 is 4.42 Å². The molecule has 30 heavy (non-hydrogen) atoms. The maximum atomic E-state index is 12.9. The number of piperidine rings is 1. The van der Waals surface area contributed by atoms with Crippen molar-refractivity contribution in [3.8, 4) is 10.4 Å². The fourth-order valence-corrected chi connectivity index (χ4v) is 4.67. The van der Waals surface area contributed by atoms with Crippen LogP contribution in [0.15, 0.2) is 59.0 Å². The van der Waals surface area contributed by atoms with Crippen molar-refractivity contribution in [2.24, 2.45) is 5.92 Å². The van der Waals surface area contributed by atoms with Crippen molar-refractivity contribution in [3.63, 3.8) is 0 Å². The van der Waals surface area contributed by atoms with E-state index in [9.17, 15) is 4.79 Å². The fourth-order valence-electron chi connectivity index (χ4n) is 4.05. The zero-order chi connectivity index (χ0) is 20.3. The predicted octanol–water partition coefficient (Wildman–Crippen LogP) is 4.37. The topological polar surface area (TPSA) is 72.1 Å². The van der Waals surface area contributed by atoms with Crippen LogP contribution in [0.2, 0.25) is 0 Å². The number of oxazole rings is 1. The van der Waals surface area contributed by atoms with Gasteiger partial charge in [0.1, 0.15) is 12.0 Å². The molecule has 6 nitrogen and oxygen atoms in total. The molecule has 0 spiro atoms. The van der Waals surface area contributed by atoms with Crippen LogP contribution in [0.5, 0.6) is 0 Å². The number of Topliss-reactive ketones (excluding diaryl/α,β-unsaturated/α-hetero) is 1. The molecule has 4 heterocycles. The summed E-state index contributed by atoms with van der Waals surface area (Å²) in [5.74, 6) is 1.13. The van der Waals surface area contributed by atoms with Crippen molar-refractivity contribution in [2.75, 3.05) is 13.1 Å². The molecule has 0 atom stereocenters. The number of aromatic nitrogens is 3. The van der Waals surface area contributed by atoms with Gasteiger partial charge in [-0.15, -0.1) is 11.3 Å². The summed E-state index contributed by atoms with van der Waals surface area (Å²) in [5, 5.41) is 2.19. The first-order valence-electron chi connectivity index (χ1n) is 10.2. The maximum absolute atomic E-state index is 12.9. The Morgan fingerprint density at radius 3 is 2.80 bits per heavy atom. The second-order valence-corrected chi connectivity index (χ2v) is 8.61. The SMILES string of the molecule is O=C(Cc1cc2cc(-c3cncs3)ccc2cn1)C1CCN(Cc2ncco2)CC1. The van der Waals surface area contributed by atoms with Gasteiger partial charge in [-0.05, 0) is 49.0 Å². The number of benzene rings is 1. The number of carbonyl (C=O) groups excluding carboxylic acids is 1. The number of pyridine rings is 1. The zero-order valence-corrected chi connectivity index (χ0v) is 17.3. The van der Waals surface area contributed by atoms with Crippen molar-refractivity contribution >= 4 is 27.9 Å². The Morgan fingerprint density at radius 1 is 1.13 bits per heavy atom. The van der Waals surface area contributed by atoms with Gasteiger partial charge in [0.15, 0.2) is 0 Å². The van der Waals surface area contributed by atoms with E-state index in [4.69, 9.17) is 4.42 Å². The number of fused-ring (bicyclic) bond motifs is 1. The zero-order valence-electron chi connectivity index (χ0n) is 16.5. The Kier molecular flexibility index (Phi) is 5.38. The Bertz CT molecular complexity index is 1130. The van der Waals surface area contributed by atoms with E-state index < -0.39 is 0 Å². The fraction of sp³-hybridized carbons (Fsp3) is 0.304. The van der Waals surface area contributed by atoms with Crippen molar-refractivity contribution in [1.29, 1.82) is 0 Å². The van der Waals surface area contributed by atoms with Crippen molar-refractivity contribution < 1.29 is 9.21 Å². The molecular weight excluding hydrogens is 396 g/mol. The van der Waals surface area contributed by atoms with Crippen LogP contribution in [0.25, 0.3) is 21.2 Å². The molecule has 0 radical (unpaired) electrons. The first kappa shape index (κ1) is 19.1. The number of thiazole rings is 1. The molecular formula is C23H22N4O2S. The van der Waals surface area contributed by atoms with Crippen molar-refractivity contribution in [2.45, 2.75) is 25.8 Å². The Balaban J connectivity index is 1.23. The highest BCUT2D eigenvalue weighted by atomic mass is 32.1. The number of hydrogen-bond acceptors (Lipinski definition) is 7. The first-order chi connectivity index (χ1) is 14.7. The summed E-state index contributed by atoms with van der Waals surface area (Å²) in [5.41, 5.74) is 3.83. The lowest BCUT2D eigenvalue weighted by molar-refractivity contribution is -0.123. The van der Waals surface area contributed by atoms with Crippen LogP contribution in [-0.4, -0.2) is 38.7 Å². The van der Waals surface area contributed by atoms with Crippen molar-refractivity contribution in [1.82, 2.24) is 19.9 Å². The standard InChI is InChI=1S/C23H22N4O2S/c28-21(16-3-6-27(7-4-16)14-23-25-5-8-29-23)11-20-10-19-9-17(22-13-24-15-30-22)1-2-18(19)12-26-20/h1-2,5,8-10,12-13,15-16H,3-4,6-7,11,14H2. The largest absolute Gasteiger partial charge is 0.448 e. The van der Waals surface area contributed by atoms with Gasteiger partial charge in [-0.3, -0.25) is 19.7 Å². The lowest BCUT2D eigenvalue weighted by atomic mass is 9.90. The van der Waals surface area contributed by atoms with Gasteiger partial charge in [-0.1, -0.05) is 12.1 Å². The molecule has 5 rings (SSSR count). The molecule has 1 fully saturated rings. The third-order valence-corrected chi connectivity index (χ3v) is 6.56. The molecule has 152 valence electrons. The van der Waals surface area contributed by atoms with E-state index in [1.54, 1.807) is 23.8 Å². The van der Waals surface area contributed by atoms with Gasteiger partial charge >= 0.3 is 0 Å². The summed E-state index contributed by atoms with van der Waals surface area (Å²) < 4.78 is 5.33. The Labute approximate surface area is 178 Å². The van der Waals surface area contributed by atoms with Gasteiger partial charge in [0.2, 0.25) is 5.89 Å². The number of likely N-dealkylation sites (tertiary alicyclic amines) is 1. The molecule has 1 aliphatic rings. The van der Waals surface area contributed by atoms with E-state index in [-0.39, 0.29) is 11.7 Å². The average molecular weight is 419 g/mol. The summed E-state index contributed by atoms with van der Waals surface area (Å²) in [6.07, 6.45) is 9.17. The minimum atomic E-state index is 0.104. The summed E-state index contributed by atoms with van der Waals surface area (Å²) in [6, 6.07) is 8.37. The molecule has 0 bridgehead atoms. The molecule has 1 aliphatic heterocycles. The Morgan fingerprint density at radius 2 is 2.03 bits per heavy atom. The van der Waals surface area contributed by atoms with Crippen LogP contribution >= 0.6 is 11.3 Å². The summed E-state index contributed by atoms with van der Waals surface area (Å²) >= 11 is 1.62. The van der Waals surface area contributed by atoms with E-state index in [0.29, 0.717) is 13.0 Å². The van der Waals surface area contributed by atoms with E-state index in [0.717, 1.165) is 58.7 Å². The molecule has 0 unspecified atom stereocenters. The van der Waals surface area contributed by atoms with Gasteiger partial charge in [0.05, 0.1) is 23.1 Å². The first-order valence-corrected chi connectivity index (χ1v) is 11.0. The molecule has 7 heteroatoms. The molecule has 0 aliphatic carbocycles. The second-order valence-electron chi connectivity index (χ2n) is 7.72. The highest BCUT2D eigenvalue weighted by molar-refractivity contribution is 7.13. The molecule has 0 amide bonds. The third kappa shape index (κ3) is 4.17. The average Bonchev–Trinajstić information content (AvgIpc) is 3.48. The quantitative estimate of drug-likeness (QED) is 0.463. The molecule has 1 aromatic carbocycles. The van der Waals surface area contributed by atoms with Crippen LogP contribution in [0.3, 0.4) is 0 Å². The van der Waals surface area contributed by atoms with E-state index >= 15 is 0 Å². The highest BCUT2D eigenvalue weighted by Gasteiger charge is 2.25. The molecule has 3 aromatic heterocycles. The van der Waals surface area contributed by atoms with Gasteiger partial charge in [0, 0.05) is 35.8 Å². The number of rotatable bonds is 6. The molecule has 0 N–H and O–H groups in total. The van der Waals surface area contributed by atoms with Crippen LogP contribution in [-0.2, 0) is 17.8 Å². The summed E-state index contributed by atoms with van der Waals surface area (Å²) in [6.45, 7) is 2.49. The lowest BCUT2D eigenvalue weighted by Gasteiger charge is -2.30. The number of hydrogen-bond donors (Lipinski definition) is 0. The highest BCUT2D eigenvalue weighted by Crippen LogP contribution is 2.27. The molecule has 0 saturated carbocycles. The third-order valence-electron chi connectivity index (χ3n) is 5.74. The van der Waals surface area contributed by atoms with E-state index in [1.165, 1.54) is 0 Å². The van der Waals surface area contributed by atoms with E-state index in [2.05, 4.69) is 44.1 Å². The van der Waals surface area contributed by atoms with Crippen molar-refractivity contribution in [3.05, 3.63) is 66.2 Å². The second kappa shape index (κ2) is 8.45. The molecule has 4 aromatic rings. The normalized spacial score (nSPS) is 15.6. The summed E-state index contributed by atoms with van der Waals surface area (Å²) in [7, 11) is 0. The minimum absolute atomic E-state index is 0.104. The van der Waals surface area contributed by atoms with Gasteiger partial charge in [-0.2, -0.15) is 0 Å². The van der Waals surface area contributed by atoms with Crippen LogP contribution in [0, 0.1) is 5.92 Å². The lowest BCUT2D eigenvalue weighted by Crippen LogP contribution is -2.36. The monoisotopic (exact) mass is 418 g/mol. The van der Waals surface area contributed by atoms with Gasteiger partial charge in [-0.25, -0.2) is 4.98 Å². The molecule has 1 saturated heterocycles. The van der Waals surface area contributed by atoms with Crippen LogP contribution < -0.4 is 0 Å². The number of nitrogens with zero attached hydrogens (tertiary/aromatic N) is 4. The maximum Gasteiger partial charge on any atom is 0.208 e. The minimum Gasteiger partial charge on any atom is -0.448 e. The Hall–Kier alpha value is -2.90. The van der Waals surface area contributed by atoms with E-state index in [1.807, 2.05) is 17.9 Å². The predicted molar refractivity (Wildman–Crippen MR) is 116 cm³/mol. The smallest absolute Gasteiger partial charge is 0.208 e. The number of carbonyl (C=O) groups is 1.